The molecule has 0 N–H and O–H groups in total. The van der Waals surface area contributed by atoms with E-state index in [9.17, 15) is 0 Å². The average molecular weight is 103 g/mol. The molecule has 0 radical (unpaired) electrons. The van der Waals surface area contributed by atoms with E-state index in [0.717, 1.165) is 0 Å². The second-order valence-electron chi connectivity index (χ2n) is 0.877. The van der Waals surface area contributed by atoms with Crippen LogP contribution in [0.4, 0.5) is 0 Å². The zero-order chi connectivity index (χ0) is 4.99. The second kappa shape index (κ2) is 3.01. The molecule has 2 nitrogen and oxygen atoms in total. The van der Waals surface area contributed by atoms with Gasteiger partial charge in [0.05, 0.1) is 6.07 Å². The van der Waals surface area contributed by atoms with Crippen LogP contribution in [0.5, 0.6) is 0 Å². The number of thiol groups is 1. The van der Waals surface area contributed by atoms with E-state index in [-0.39, 0.29) is 0 Å². The third kappa shape index (κ3) is 2.06. The Hall–Kier alpha value is -0.200. The van der Waals surface area contributed by atoms with E-state index >= 15 is 0 Å². The van der Waals surface area contributed by atoms with Crippen LogP contribution in [0, 0.1) is 11.3 Å². The Labute approximate surface area is 42.3 Å². The molecule has 0 aliphatic heterocycles. The minimum absolute atomic E-state index is 0.395. The SMILES string of the molecule is CC(C#N)OS. The van der Waals surface area contributed by atoms with E-state index in [0.29, 0.717) is 0 Å². The summed E-state index contributed by atoms with van der Waals surface area (Å²) in [6.07, 6.45) is -0.395. The van der Waals surface area contributed by atoms with Gasteiger partial charge in [0.1, 0.15) is 0 Å². The fourth-order valence-corrected chi connectivity index (χ4v) is 0.0707. The molecule has 0 aliphatic carbocycles. The van der Waals surface area contributed by atoms with Crippen molar-refractivity contribution in [1.29, 1.82) is 5.26 Å². The molecule has 0 aromatic heterocycles. The summed E-state index contributed by atoms with van der Waals surface area (Å²) in [5.41, 5.74) is 0. The number of hydrogen-bond acceptors (Lipinski definition) is 3. The molecule has 0 saturated heterocycles. The number of nitriles is 1. The standard InChI is InChI=1S/C3H5NOS/c1-3(2-4)5-6/h3,6H,1H3. The molecule has 0 fully saturated rings. The first-order chi connectivity index (χ1) is 2.81. The maximum atomic E-state index is 7.91. The van der Waals surface area contributed by atoms with Crippen molar-refractivity contribution in [1.82, 2.24) is 0 Å². The smallest absolute Gasteiger partial charge is 0.155 e. The van der Waals surface area contributed by atoms with Gasteiger partial charge >= 0.3 is 0 Å². The Balaban J connectivity index is 3.04. The summed E-state index contributed by atoms with van der Waals surface area (Å²) in [6, 6.07) is 1.82. The van der Waals surface area contributed by atoms with Crippen molar-refractivity contribution in [2.75, 3.05) is 0 Å². The topological polar surface area (TPSA) is 33.0 Å². The van der Waals surface area contributed by atoms with E-state index in [1.807, 2.05) is 6.07 Å². The molecule has 34 valence electrons. The molecule has 0 rings (SSSR count). The molecule has 0 aliphatic rings. The molecule has 0 heterocycles. The van der Waals surface area contributed by atoms with E-state index < -0.39 is 6.10 Å². The molecule has 0 aromatic rings. The zero-order valence-corrected chi connectivity index (χ0v) is 4.27. The Morgan fingerprint density at radius 1 is 2.00 bits per heavy atom. The molecular weight excluding hydrogens is 98.1 g/mol. The third-order valence-corrected chi connectivity index (χ3v) is 0.656. The van der Waals surface area contributed by atoms with Crippen LogP contribution in [0.2, 0.25) is 0 Å². The summed E-state index contributed by atoms with van der Waals surface area (Å²) in [6.45, 7) is 1.62. The summed E-state index contributed by atoms with van der Waals surface area (Å²) in [5, 5.41) is 7.91. The van der Waals surface area contributed by atoms with Gasteiger partial charge in [-0.25, -0.2) is 0 Å². The van der Waals surface area contributed by atoms with Crippen molar-refractivity contribution >= 4 is 12.9 Å². The molecule has 0 aromatic carbocycles. The molecule has 0 spiro atoms. The fraction of sp³-hybridized carbons (Fsp3) is 0.667. The Morgan fingerprint density at radius 2 is 2.50 bits per heavy atom. The number of nitrogens with zero attached hydrogens (tertiary/aromatic N) is 1. The lowest BCUT2D eigenvalue weighted by Gasteiger charge is -1.89. The van der Waals surface area contributed by atoms with Crippen molar-refractivity contribution in [2.45, 2.75) is 13.0 Å². The van der Waals surface area contributed by atoms with Gasteiger partial charge in [0.15, 0.2) is 6.10 Å². The third-order valence-electron chi connectivity index (χ3n) is 0.340. The van der Waals surface area contributed by atoms with Crippen LogP contribution in [0.1, 0.15) is 6.92 Å². The van der Waals surface area contributed by atoms with Gasteiger partial charge in [-0.3, -0.25) is 0 Å². The first-order valence-electron chi connectivity index (χ1n) is 1.51. The first-order valence-corrected chi connectivity index (χ1v) is 1.87. The van der Waals surface area contributed by atoms with Crippen molar-refractivity contribution in [3.8, 4) is 6.07 Å². The van der Waals surface area contributed by atoms with Gasteiger partial charge in [-0.1, -0.05) is 0 Å². The normalized spacial score (nSPS) is 12.8. The van der Waals surface area contributed by atoms with E-state index in [2.05, 4.69) is 17.1 Å². The van der Waals surface area contributed by atoms with Crippen molar-refractivity contribution in [2.24, 2.45) is 0 Å². The number of rotatable bonds is 1. The van der Waals surface area contributed by atoms with Crippen LogP contribution >= 0.6 is 12.9 Å². The lowest BCUT2D eigenvalue weighted by molar-refractivity contribution is 0.336. The Bertz CT molecular complexity index is 67.7. The van der Waals surface area contributed by atoms with Crippen LogP contribution < -0.4 is 0 Å². The van der Waals surface area contributed by atoms with Gasteiger partial charge < -0.3 is 4.18 Å². The van der Waals surface area contributed by atoms with Gasteiger partial charge in [0, 0.05) is 0 Å². The quantitative estimate of drug-likeness (QED) is 0.392. The first kappa shape index (κ1) is 5.80. The lowest BCUT2D eigenvalue weighted by Crippen LogP contribution is -1.93. The van der Waals surface area contributed by atoms with E-state index in [1.54, 1.807) is 6.92 Å². The van der Waals surface area contributed by atoms with Crippen LogP contribution in [0.3, 0.4) is 0 Å². The predicted octanol–water partition coefficient (Wildman–Crippen LogP) is 0.760. The molecule has 1 atom stereocenters. The van der Waals surface area contributed by atoms with Gasteiger partial charge in [-0.15, -0.1) is 0 Å². The van der Waals surface area contributed by atoms with E-state index in [1.165, 1.54) is 0 Å². The molecule has 3 heteroatoms. The van der Waals surface area contributed by atoms with Crippen LogP contribution in [-0.4, -0.2) is 6.10 Å². The molecule has 1 unspecified atom stereocenters. The van der Waals surface area contributed by atoms with Gasteiger partial charge in [-0.2, -0.15) is 5.26 Å². The summed E-state index contributed by atoms with van der Waals surface area (Å²) >= 11 is 3.37. The summed E-state index contributed by atoms with van der Waals surface area (Å²) in [4.78, 5) is 0. The average Bonchev–Trinajstić information content (AvgIpc) is 1.65. The van der Waals surface area contributed by atoms with Gasteiger partial charge in [0.2, 0.25) is 0 Å². The molecule has 0 bridgehead atoms. The molecule has 0 saturated carbocycles. The maximum Gasteiger partial charge on any atom is 0.155 e. The summed E-state index contributed by atoms with van der Waals surface area (Å²) < 4.78 is 4.23. The van der Waals surface area contributed by atoms with E-state index in [4.69, 9.17) is 5.26 Å². The number of hydrogen-bond donors (Lipinski definition) is 1. The molecular formula is C3H5NOS. The highest BCUT2D eigenvalue weighted by molar-refractivity contribution is 7.75. The highest BCUT2D eigenvalue weighted by Gasteiger charge is 1.89. The fourth-order valence-electron chi connectivity index (χ4n) is 0.0236. The molecule has 6 heavy (non-hydrogen) atoms. The zero-order valence-electron chi connectivity index (χ0n) is 3.38. The van der Waals surface area contributed by atoms with Crippen molar-refractivity contribution < 1.29 is 4.18 Å². The highest BCUT2D eigenvalue weighted by Crippen LogP contribution is 1.87. The minimum Gasteiger partial charge on any atom is -0.301 e. The minimum atomic E-state index is -0.395. The largest absolute Gasteiger partial charge is 0.301 e. The monoisotopic (exact) mass is 103 g/mol. The van der Waals surface area contributed by atoms with Crippen LogP contribution in [0.15, 0.2) is 0 Å². The van der Waals surface area contributed by atoms with Crippen LogP contribution in [0.25, 0.3) is 0 Å². The lowest BCUT2D eigenvalue weighted by atomic mass is 10.5. The van der Waals surface area contributed by atoms with Gasteiger partial charge in [-0.05, 0) is 19.8 Å². The molecule has 0 amide bonds. The Morgan fingerprint density at radius 3 is 2.50 bits per heavy atom. The summed E-state index contributed by atoms with van der Waals surface area (Å²) in [7, 11) is 0. The van der Waals surface area contributed by atoms with Gasteiger partial charge in [0.25, 0.3) is 0 Å². The maximum absolute atomic E-state index is 7.91. The predicted molar refractivity (Wildman–Crippen MR) is 25.1 cm³/mol. The highest BCUT2D eigenvalue weighted by atomic mass is 32.1. The second-order valence-corrected chi connectivity index (χ2v) is 1.09. The van der Waals surface area contributed by atoms with Crippen molar-refractivity contribution in [3.05, 3.63) is 0 Å². The summed E-state index contributed by atoms with van der Waals surface area (Å²) in [5.74, 6) is 0. The van der Waals surface area contributed by atoms with Crippen molar-refractivity contribution in [3.63, 3.8) is 0 Å². The van der Waals surface area contributed by atoms with Crippen LogP contribution in [-0.2, 0) is 4.18 Å². The Kier molecular flexibility index (Phi) is 2.91.